The third-order valence-corrected chi connectivity index (χ3v) is 6.09. The van der Waals surface area contributed by atoms with Crippen molar-refractivity contribution in [2.75, 3.05) is 13.1 Å². The number of aliphatic hydroxyl groups is 1. The molecule has 1 saturated heterocycles. The summed E-state index contributed by atoms with van der Waals surface area (Å²) in [5.74, 6) is -0.0136. The Kier molecular flexibility index (Phi) is 8.74. The molecule has 1 aliphatic heterocycles. The van der Waals surface area contributed by atoms with Gasteiger partial charge >= 0.3 is 6.18 Å². The van der Waals surface area contributed by atoms with Gasteiger partial charge in [-0.15, -0.1) is 35.0 Å². The van der Waals surface area contributed by atoms with Gasteiger partial charge < -0.3 is 15.6 Å². The van der Waals surface area contributed by atoms with E-state index in [1.165, 1.54) is 34.9 Å². The molecule has 5 rings (SSSR count). The van der Waals surface area contributed by atoms with Crippen LogP contribution in [-0.2, 0) is 0 Å². The fourth-order valence-corrected chi connectivity index (χ4v) is 4.54. The van der Waals surface area contributed by atoms with Gasteiger partial charge in [0.1, 0.15) is 28.8 Å². The number of hydrogen-bond acceptors (Lipinski definition) is 7. The fourth-order valence-electron chi connectivity index (χ4n) is 4.54. The van der Waals surface area contributed by atoms with Crippen molar-refractivity contribution < 1.29 is 27.4 Å². The number of nitrogens with zero attached hydrogens (tertiary/aromatic N) is 5. The molecule has 1 fully saturated rings. The molecule has 38 heavy (non-hydrogen) atoms. The molecule has 14 heteroatoms. The minimum Gasteiger partial charge on any atom is -0.489 e. The summed E-state index contributed by atoms with van der Waals surface area (Å²) < 4.78 is 63.7. The van der Waals surface area contributed by atoms with Gasteiger partial charge in [0.25, 0.3) is 0 Å². The molecule has 1 aromatic carbocycles. The zero-order chi connectivity index (χ0) is 25.8. The molecule has 0 radical (unpaired) electrons. The van der Waals surface area contributed by atoms with Crippen LogP contribution in [0.1, 0.15) is 25.5 Å². The lowest BCUT2D eigenvalue weighted by atomic mass is 10.1. The standard InChI is InChI=1S/C24H24F4N6O2.2ClH/c1-12(2)36-19-8-15(25)7-13-3-5-17(30-21(13)19)23-32-31-20-6-4-14(9-34(20)23)22(24(26,27)28)33-10-16(29)18(35)11-33;;/h3-9,12,16,18,22,35H,10-11,29H2,1-2H3;2*1H/t16-,18-,22-;;/m1../s1. The summed E-state index contributed by atoms with van der Waals surface area (Å²) in [6, 6.07) is 5.85. The van der Waals surface area contributed by atoms with Crippen LogP contribution in [-0.4, -0.2) is 67.1 Å². The molecule has 4 heterocycles. The number of likely N-dealkylation sites (tertiary alicyclic amines) is 1. The van der Waals surface area contributed by atoms with Gasteiger partial charge in [0.2, 0.25) is 0 Å². The van der Waals surface area contributed by atoms with Gasteiger partial charge in [-0.3, -0.25) is 9.30 Å². The fraction of sp³-hybridized carbons (Fsp3) is 0.375. The molecule has 3 aromatic heterocycles. The lowest BCUT2D eigenvalue weighted by Gasteiger charge is -2.29. The second-order valence-corrected chi connectivity index (χ2v) is 9.18. The van der Waals surface area contributed by atoms with Crippen molar-refractivity contribution in [2.24, 2.45) is 5.73 Å². The van der Waals surface area contributed by atoms with Crippen LogP contribution in [0.4, 0.5) is 17.6 Å². The number of ether oxygens (including phenoxy) is 1. The van der Waals surface area contributed by atoms with E-state index in [1.54, 1.807) is 26.0 Å². The van der Waals surface area contributed by atoms with Gasteiger partial charge in [-0.05, 0) is 37.6 Å². The zero-order valence-corrected chi connectivity index (χ0v) is 21.9. The van der Waals surface area contributed by atoms with Crippen LogP contribution in [0.15, 0.2) is 42.6 Å². The quantitative estimate of drug-likeness (QED) is 0.341. The lowest BCUT2D eigenvalue weighted by Crippen LogP contribution is -2.38. The van der Waals surface area contributed by atoms with E-state index in [9.17, 15) is 22.7 Å². The first-order valence-electron chi connectivity index (χ1n) is 11.4. The number of alkyl halides is 3. The first kappa shape index (κ1) is 29.8. The van der Waals surface area contributed by atoms with Crippen molar-refractivity contribution in [3.05, 3.63) is 54.0 Å². The van der Waals surface area contributed by atoms with Crippen molar-refractivity contribution in [3.8, 4) is 17.3 Å². The van der Waals surface area contributed by atoms with Crippen LogP contribution in [0, 0.1) is 5.82 Å². The predicted molar refractivity (Wildman–Crippen MR) is 138 cm³/mol. The maximum absolute atomic E-state index is 14.2. The molecule has 1 aliphatic rings. The summed E-state index contributed by atoms with van der Waals surface area (Å²) in [4.78, 5) is 5.71. The van der Waals surface area contributed by atoms with Crippen molar-refractivity contribution in [1.29, 1.82) is 0 Å². The van der Waals surface area contributed by atoms with Crippen molar-refractivity contribution in [2.45, 2.75) is 44.3 Å². The Morgan fingerprint density at radius 3 is 2.45 bits per heavy atom. The number of halogens is 6. The topological polar surface area (TPSA) is 102 Å². The number of β-amino-alcohol motifs (C(OH)–C–C–N with tert-alkyl or cyclic N) is 1. The second kappa shape index (κ2) is 11.1. The van der Waals surface area contributed by atoms with Crippen LogP contribution in [0.5, 0.6) is 5.75 Å². The largest absolute Gasteiger partial charge is 0.489 e. The van der Waals surface area contributed by atoms with E-state index in [4.69, 9.17) is 10.5 Å². The van der Waals surface area contributed by atoms with Gasteiger partial charge in [-0.1, -0.05) is 12.1 Å². The van der Waals surface area contributed by atoms with Crippen molar-refractivity contribution >= 4 is 41.4 Å². The molecular formula is C24H26Cl2F4N6O2. The third kappa shape index (κ3) is 5.64. The summed E-state index contributed by atoms with van der Waals surface area (Å²) in [5.41, 5.74) is 6.77. The van der Waals surface area contributed by atoms with Crippen molar-refractivity contribution in [3.63, 3.8) is 0 Å². The maximum atomic E-state index is 14.2. The molecule has 3 atom stereocenters. The second-order valence-electron chi connectivity index (χ2n) is 9.18. The SMILES string of the molecule is CC(C)Oc1cc(F)cc2ccc(-c3nnc4ccc([C@@H](N5C[C@@H](N)[C@H](O)C5)C(F)(F)F)cn34)nc12.Cl.Cl. The Labute approximate surface area is 227 Å². The smallest absolute Gasteiger partial charge is 0.408 e. The average molecular weight is 577 g/mol. The van der Waals surface area contributed by atoms with E-state index < -0.39 is 30.2 Å². The van der Waals surface area contributed by atoms with E-state index >= 15 is 0 Å². The third-order valence-electron chi connectivity index (χ3n) is 6.09. The number of benzene rings is 1. The number of aliphatic hydroxyl groups excluding tert-OH is 1. The number of nitrogens with two attached hydrogens (primary N) is 1. The highest BCUT2D eigenvalue weighted by atomic mass is 35.5. The normalized spacial score (nSPS) is 19.0. The molecular weight excluding hydrogens is 551 g/mol. The molecule has 0 unspecified atom stereocenters. The minimum absolute atomic E-state index is 0. The highest BCUT2D eigenvalue weighted by Gasteiger charge is 2.48. The highest BCUT2D eigenvalue weighted by molar-refractivity contribution is 5.86. The van der Waals surface area contributed by atoms with Crippen LogP contribution in [0.2, 0.25) is 0 Å². The Bertz CT molecular complexity index is 1420. The van der Waals surface area contributed by atoms with Gasteiger partial charge in [-0.25, -0.2) is 9.37 Å². The summed E-state index contributed by atoms with van der Waals surface area (Å²) in [6.07, 6.45) is -4.56. The number of aromatic nitrogens is 4. The molecule has 206 valence electrons. The monoisotopic (exact) mass is 576 g/mol. The Morgan fingerprint density at radius 1 is 1.08 bits per heavy atom. The molecule has 0 saturated carbocycles. The summed E-state index contributed by atoms with van der Waals surface area (Å²) in [6.45, 7) is 3.31. The Morgan fingerprint density at radius 2 is 1.82 bits per heavy atom. The van der Waals surface area contributed by atoms with Gasteiger partial charge in [0, 0.05) is 36.8 Å². The number of pyridine rings is 2. The number of fused-ring (bicyclic) bond motifs is 2. The molecule has 0 amide bonds. The number of rotatable bonds is 5. The first-order valence-corrected chi connectivity index (χ1v) is 11.4. The lowest BCUT2D eigenvalue weighted by molar-refractivity contribution is -0.184. The zero-order valence-electron chi connectivity index (χ0n) is 20.3. The average Bonchev–Trinajstić information content (AvgIpc) is 3.34. The summed E-state index contributed by atoms with van der Waals surface area (Å²) in [5, 5.41) is 18.7. The predicted octanol–water partition coefficient (Wildman–Crippen LogP) is 4.32. The maximum Gasteiger partial charge on any atom is 0.408 e. The highest BCUT2D eigenvalue weighted by Crippen LogP contribution is 2.39. The molecule has 4 aromatic rings. The van der Waals surface area contributed by atoms with Gasteiger partial charge in [0.15, 0.2) is 11.5 Å². The minimum atomic E-state index is -4.61. The molecule has 8 nitrogen and oxygen atoms in total. The summed E-state index contributed by atoms with van der Waals surface area (Å²) in [7, 11) is 0. The van der Waals surface area contributed by atoms with Gasteiger partial charge in [-0.2, -0.15) is 13.2 Å². The van der Waals surface area contributed by atoms with E-state index in [-0.39, 0.29) is 61.1 Å². The molecule has 0 aliphatic carbocycles. The van der Waals surface area contributed by atoms with Crippen LogP contribution < -0.4 is 10.5 Å². The van der Waals surface area contributed by atoms with Crippen LogP contribution in [0.3, 0.4) is 0 Å². The van der Waals surface area contributed by atoms with Crippen LogP contribution in [0.25, 0.3) is 28.1 Å². The van der Waals surface area contributed by atoms with E-state index in [1.807, 2.05) is 0 Å². The van der Waals surface area contributed by atoms with E-state index in [2.05, 4.69) is 15.2 Å². The van der Waals surface area contributed by atoms with E-state index in [0.29, 0.717) is 22.2 Å². The van der Waals surface area contributed by atoms with Crippen molar-refractivity contribution in [1.82, 2.24) is 24.5 Å². The Balaban J connectivity index is 0.00000200. The molecule has 0 bridgehead atoms. The molecule has 3 N–H and O–H groups in total. The van der Waals surface area contributed by atoms with Gasteiger partial charge in [0.05, 0.1) is 12.2 Å². The first-order chi connectivity index (χ1) is 17.0. The number of hydrogen-bond donors (Lipinski definition) is 2. The van der Waals surface area contributed by atoms with Crippen LogP contribution >= 0.6 is 24.8 Å². The summed E-state index contributed by atoms with van der Waals surface area (Å²) >= 11 is 0. The molecule has 0 spiro atoms. The van der Waals surface area contributed by atoms with E-state index in [0.717, 1.165) is 4.90 Å². The Hall–Kier alpha value is -2.77.